The number of carbonyl (C=O) groups is 1. The lowest BCUT2D eigenvalue weighted by atomic mass is 9.85. The Kier molecular flexibility index (Phi) is 4.80. The first-order valence-corrected chi connectivity index (χ1v) is 8.98. The lowest BCUT2D eigenvalue weighted by molar-refractivity contribution is -0.127. The Labute approximate surface area is 149 Å². The van der Waals surface area contributed by atoms with Crippen molar-refractivity contribution in [1.82, 2.24) is 5.32 Å². The van der Waals surface area contributed by atoms with E-state index in [1.807, 2.05) is 18.2 Å². The maximum atomic E-state index is 12.8. The number of para-hydroxylation sites is 1. The molecule has 2 saturated carbocycles. The minimum atomic E-state index is -0.671. The number of rotatable bonds is 2. The van der Waals surface area contributed by atoms with Gasteiger partial charge < -0.3 is 15.8 Å². The number of amides is 1. The summed E-state index contributed by atoms with van der Waals surface area (Å²) in [5, 5.41) is 3.26. The van der Waals surface area contributed by atoms with Gasteiger partial charge in [-0.1, -0.05) is 31.0 Å². The number of ether oxygens (including phenoxy) is 1. The van der Waals surface area contributed by atoms with Gasteiger partial charge in [-0.15, -0.1) is 12.4 Å². The normalized spacial score (nSPS) is 26.3. The van der Waals surface area contributed by atoms with Gasteiger partial charge in [0.15, 0.2) is 0 Å². The third kappa shape index (κ3) is 3.02. The number of halogens is 1. The Hall–Kier alpha value is -1.26. The second kappa shape index (κ2) is 6.57. The van der Waals surface area contributed by atoms with Crippen molar-refractivity contribution in [2.24, 2.45) is 5.73 Å². The summed E-state index contributed by atoms with van der Waals surface area (Å²) in [6.45, 7) is 0. The van der Waals surface area contributed by atoms with E-state index >= 15 is 0 Å². The lowest BCUT2D eigenvalue weighted by Gasteiger charge is -2.41. The summed E-state index contributed by atoms with van der Waals surface area (Å²) in [5.74, 6) is 0.952. The molecule has 1 aromatic carbocycles. The molecule has 3 aliphatic rings. The smallest absolute Gasteiger partial charge is 0.240 e. The maximum absolute atomic E-state index is 12.8. The molecule has 3 N–H and O–H groups in total. The second-order valence-corrected chi connectivity index (χ2v) is 7.62. The third-order valence-corrected chi connectivity index (χ3v) is 5.97. The van der Waals surface area contributed by atoms with Crippen LogP contribution < -0.4 is 15.8 Å². The fourth-order valence-corrected chi connectivity index (χ4v) is 4.61. The van der Waals surface area contributed by atoms with Gasteiger partial charge >= 0.3 is 0 Å². The predicted octanol–water partition coefficient (Wildman–Crippen LogP) is 3.63. The molecular formula is C19H27ClN2O2. The van der Waals surface area contributed by atoms with Crippen LogP contribution in [0.4, 0.5) is 0 Å². The molecule has 1 unspecified atom stereocenters. The molecule has 1 atom stereocenters. The molecule has 5 heteroatoms. The number of hydrogen-bond donors (Lipinski definition) is 2. The van der Waals surface area contributed by atoms with E-state index in [4.69, 9.17) is 10.5 Å². The molecule has 0 saturated heterocycles. The highest BCUT2D eigenvalue weighted by atomic mass is 35.5. The van der Waals surface area contributed by atoms with Gasteiger partial charge in [0.2, 0.25) is 5.91 Å². The fraction of sp³-hybridized carbons (Fsp3) is 0.632. The molecule has 0 bridgehead atoms. The van der Waals surface area contributed by atoms with Gasteiger partial charge in [0.1, 0.15) is 11.4 Å². The van der Waals surface area contributed by atoms with Crippen LogP contribution in [0.1, 0.15) is 69.4 Å². The largest absolute Gasteiger partial charge is 0.487 e. The Morgan fingerprint density at radius 2 is 1.71 bits per heavy atom. The van der Waals surface area contributed by atoms with Crippen LogP contribution >= 0.6 is 12.4 Å². The summed E-state index contributed by atoms with van der Waals surface area (Å²) >= 11 is 0. The van der Waals surface area contributed by atoms with Crippen molar-refractivity contribution in [3.8, 4) is 5.75 Å². The van der Waals surface area contributed by atoms with E-state index in [2.05, 4.69) is 11.4 Å². The van der Waals surface area contributed by atoms with E-state index in [1.165, 1.54) is 12.8 Å². The second-order valence-electron chi connectivity index (χ2n) is 7.62. The summed E-state index contributed by atoms with van der Waals surface area (Å²) < 4.78 is 6.36. The highest BCUT2D eigenvalue weighted by Gasteiger charge is 2.45. The number of nitrogens with one attached hydrogen (secondary N) is 1. The van der Waals surface area contributed by atoms with Gasteiger partial charge in [-0.05, 0) is 44.6 Å². The molecule has 1 amide bonds. The van der Waals surface area contributed by atoms with Crippen molar-refractivity contribution < 1.29 is 9.53 Å². The number of nitrogens with two attached hydrogens (primary N) is 1. The van der Waals surface area contributed by atoms with Crippen molar-refractivity contribution in [2.45, 2.75) is 75.0 Å². The van der Waals surface area contributed by atoms with E-state index in [-0.39, 0.29) is 30.0 Å². The summed E-state index contributed by atoms with van der Waals surface area (Å²) in [7, 11) is 0. The molecular weight excluding hydrogens is 324 g/mol. The highest BCUT2D eigenvalue weighted by Crippen LogP contribution is 2.47. The van der Waals surface area contributed by atoms with Gasteiger partial charge in [0, 0.05) is 12.0 Å². The zero-order chi connectivity index (χ0) is 15.9. The van der Waals surface area contributed by atoms with Crippen molar-refractivity contribution >= 4 is 18.3 Å². The molecule has 24 heavy (non-hydrogen) atoms. The average Bonchev–Trinajstić information content (AvgIpc) is 3.18. The molecule has 1 heterocycles. The van der Waals surface area contributed by atoms with Crippen LogP contribution in [0.5, 0.6) is 5.75 Å². The van der Waals surface area contributed by atoms with E-state index < -0.39 is 5.54 Å². The standard InChI is InChI=1S/C19H26N2O2.ClH/c20-19(11-5-6-12-19)17(22)21-15-13-18(9-3-4-10-18)23-16-8-2-1-7-14(15)16;/h1-2,7-8,15H,3-6,9-13,20H2,(H,21,22);1H. The molecule has 132 valence electrons. The summed E-state index contributed by atoms with van der Waals surface area (Å²) in [4.78, 5) is 12.8. The van der Waals surface area contributed by atoms with Crippen LogP contribution in [-0.2, 0) is 4.79 Å². The zero-order valence-electron chi connectivity index (χ0n) is 14.1. The predicted molar refractivity (Wildman–Crippen MR) is 96.4 cm³/mol. The van der Waals surface area contributed by atoms with Crippen molar-refractivity contribution in [2.75, 3.05) is 0 Å². The van der Waals surface area contributed by atoms with Gasteiger partial charge in [0.25, 0.3) is 0 Å². The van der Waals surface area contributed by atoms with Crippen LogP contribution in [-0.4, -0.2) is 17.0 Å². The Morgan fingerprint density at radius 1 is 1.08 bits per heavy atom. The molecule has 1 aromatic rings. The Morgan fingerprint density at radius 3 is 2.42 bits per heavy atom. The van der Waals surface area contributed by atoms with E-state index in [1.54, 1.807) is 0 Å². The zero-order valence-corrected chi connectivity index (χ0v) is 14.9. The first-order valence-electron chi connectivity index (χ1n) is 8.98. The molecule has 1 aliphatic heterocycles. The van der Waals surface area contributed by atoms with Crippen LogP contribution in [0, 0.1) is 0 Å². The molecule has 2 aliphatic carbocycles. The van der Waals surface area contributed by atoms with Crippen LogP contribution in [0.3, 0.4) is 0 Å². The van der Waals surface area contributed by atoms with Gasteiger partial charge in [0.05, 0.1) is 11.6 Å². The molecule has 4 rings (SSSR count). The topological polar surface area (TPSA) is 64.4 Å². The number of benzene rings is 1. The summed E-state index contributed by atoms with van der Waals surface area (Å²) in [6, 6.07) is 8.14. The van der Waals surface area contributed by atoms with E-state index in [0.29, 0.717) is 0 Å². The van der Waals surface area contributed by atoms with E-state index in [0.717, 1.165) is 56.3 Å². The lowest BCUT2D eigenvalue weighted by Crippen LogP contribution is -2.54. The van der Waals surface area contributed by atoms with E-state index in [9.17, 15) is 4.79 Å². The minimum Gasteiger partial charge on any atom is -0.487 e. The SMILES string of the molecule is Cl.NC1(C(=O)NC2CC3(CCCC3)Oc3ccccc32)CCCC1. The fourth-order valence-electron chi connectivity index (χ4n) is 4.61. The Bertz CT molecular complexity index is 607. The average molecular weight is 351 g/mol. The molecule has 2 fully saturated rings. The summed E-state index contributed by atoms with van der Waals surface area (Å²) in [5.41, 5.74) is 6.67. The van der Waals surface area contributed by atoms with Crippen LogP contribution in [0.2, 0.25) is 0 Å². The van der Waals surface area contributed by atoms with Gasteiger partial charge in [-0.3, -0.25) is 4.79 Å². The molecule has 4 nitrogen and oxygen atoms in total. The maximum Gasteiger partial charge on any atom is 0.240 e. The van der Waals surface area contributed by atoms with Crippen molar-refractivity contribution in [1.29, 1.82) is 0 Å². The summed E-state index contributed by atoms with van der Waals surface area (Å²) in [6.07, 6.45) is 9.17. The number of carbonyl (C=O) groups excluding carboxylic acids is 1. The first kappa shape index (κ1) is 17.6. The number of hydrogen-bond acceptors (Lipinski definition) is 3. The number of fused-ring (bicyclic) bond motifs is 1. The van der Waals surface area contributed by atoms with Crippen LogP contribution in [0.15, 0.2) is 24.3 Å². The van der Waals surface area contributed by atoms with Gasteiger partial charge in [-0.2, -0.15) is 0 Å². The van der Waals surface area contributed by atoms with Gasteiger partial charge in [-0.25, -0.2) is 0 Å². The molecule has 1 spiro atoms. The third-order valence-electron chi connectivity index (χ3n) is 5.97. The molecule has 0 radical (unpaired) electrons. The van der Waals surface area contributed by atoms with Crippen molar-refractivity contribution in [3.63, 3.8) is 0 Å². The monoisotopic (exact) mass is 350 g/mol. The minimum absolute atomic E-state index is 0. The highest BCUT2D eigenvalue weighted by molar-refractivity contribution is 5.86. The van der Waals surface area contributed by atoms with Crippen LogP contribution in [0.25, 0.3) is 0 Å². The Balaban J connectivity index is 0.00000169. The molecule has 0 aromatic heterocycles. The first-order chi connectivity index (χ1) is 11.1. The van der Waals surface area contributed by atoms with Crippen molar-refractivity contribution in [3.05, 3.63) is 29.8 Å². The quantitative estimate of drug-likeness (QED) is 0.856.